The Morgan fingerprint density at radius 2 is 2.21 bits per heavy atom. The summed E-state index contributed by atoms with van der Waals surface area (Å²) in [5.74, 6) is 0.971. The Kier molecular flexibility index (Phi) is 2.83. The van der Waals surface area contributed by atoms with Crippen LogP contribution in [0, 0.1) is 0 Å². The second-order valence-corrected chi connectivity index (χ2v) is 4.45. The number of ether oxygens (including phenoxy) is 1. The first kappa shape index (κ1) is 11.6. The minimum absolute atomic E-state index is 0.136. The van der Waals surface area contributed by atoms with Crippen molar-refractivity contribution in [2.75, 3.05) is 0 Å². The van der Waals surface area contributed by atoms with Gasteiger partial charge in [-0.05, 0) is 23.3 Å². The average Bonchev–Trinajstić information content (AvgIpc) is 2.45. The highest BCUT2D eigenvalue weighted by Gasteiger charge is 2.18. The number of fused-ring (bicyclic) bond motifs is 2. The molecule has 1 aliphatic rings. The van der Waals surface area contributed by atoms with E-state index in [1.807, 2.05) is 24.3 Å². The molecule has 0 saturated carbocycles. The van der Waals surface area contributed by atoms with E-state index in [0.717, 1.165) is 28.9 Å². The second-order valence-electron chi connectivity index (χ2n) is 4.45. The molecule has 3 rings (SSSR count). The molecule has 1 aliphatic heterocycles. The number of benzene rings is 1. The molecule has 0 fully saturated rings. The standard InChI is InChI=1S/C15H11NO3/c17-9-13(18)7-10-3-4-14-12(6-10)8-11-2-1-5-16-15(11)19-14/h1-6,9H,7-8H2. The third-order valence-electron chi connectivity index (χ3n) is 3.07. The molecule has 0 atom stereocenters. The molecule has 19 heavy (non-hydrogen) atoms. The molecule has 0 N–H and O–H groups in total. The zero-order valence-electron chi connectivity index (χ0n) is 10.1. The van der Waals surface area contributed by atoms with Crippen molar-refractivity contribution in [2.24, 2.45) is 0 Å². The number of carbonyl (C=O) groups excluding carboxylic acids is 2. The first-order chi connectivity index (χ1) is 9.26. The smallest absolute Gasteiger partial charge is 0.222 e. The summed E-state index contributed by atoms with van der Waals surface area (Å²) in [6, 6.07) is 9.36. The summed E-state index contributed by atoms with van der Waals surface area (Å²) in [4.78, 5) is 25.7. The van der Waals surface area contributed by atoms with Gasteiger partial charge < -0.3 is 4.74 Å². The van der Waals surface area contributed by atoms with Crippen LogP contribution in [-0.4, -0.2) is 17.1 Å². The molecule has 0 bridgehead atoms. The number of carbonyl (C=O) groups is 2. The van der Waals surface area contributed by atoms with Crippen LogP contribution in [0.15, 0.2) is 36.5 Å². The average molecular weight is 253 g/mol. The monoisotopic (exact) mass is 253 g/mol. The summed E-state index contributed by atoms with van der Waals surface area (Å²) in [5, 5.41) is 0. The van der Waals surface area contributed by atoms with Crippen molar-refractivity contribution in [3.05, 3.63) is 53.2 Å². The van der Waals surface area contributed by atoms with Crippen LogP contribution < -0.4 is 4.74 Å². The van der Waals surface area contributed by atoms with E-state index < -0.39 is 5.78 Å². The van der Waals surface area contributed by atoms with E-state index in [-0.39, 0.29) is 6.42 Å². The largest absolute Gasteiger partial charge is 0.438 e. The molecule has 0 radical (unpaired) electrons. The maximum Gasteiger partial charge on any atom is 0.222 e. The van der Waals surface area contributed by atoms with Crippen LogP contribution in [0.3, 0.4) is 0 Å². The summed E-state index contributed by atoms with van der Waals surface area (Å²) in [6.07, 6.45) is 2.91. The van der Waals surface area contributed by atoms with Crippen LogP contribution in [0.2, 0.25) is 0 Å². The van der Waals surface area contributed by atoms with Gasteiger partial charge in [-0.15, -0.1) is 0 Å². The van der Waals surface area contributed by atoms with Crippen LogP contribution in [0.4, 0.5) is 0 Å². The Balaban J connectivity index is 1.91. The zero-order chi connectivity index (χ0) is 13.2. The fourth-order valence-electron chi connectivity index (χ4n) is 2.18. The Labute approximate surface area is 110 Å². The molecular formula is C15H11NO3. The van der Waals surface area contributed by atoms with E-state index in [9.17, 15) is 9.59 Å². The molecular weight excluding hydrogens is 242 g/mol. The van der Waals surface area contributed by atoms with E-state index >= 15 is 0 Å². The number of aromatic nitrogens is 1. The van der Waals surface area contributed by atoms with E-state index in [0.29, 0.717) is 12.2 Å². The Morgan fingerprint density at radius 3 is 3.05 bits per heavy atom. The predicted octanol–water partition coefficient (Wildman–Crippen LogP) is 2.09. The van der Waals surface area contributed by atoms with Gasteiger partial charge in [-0.1, -0.05) is 18.2 Å². The highest BCUT2D eigenvalue weighted by molar-refractivity contribution is 6.25. The number of nitrogens with zero attached hydrogens (tertiary/aromatic N) is 1. The SMILES string of the molecule is O=CC(=O)Cc1ccc2c(c1)Cc1cccnc1O2. The van der Waals surface area contributed by atoms with E-state index in [1.165, 1.54) is 0 Å². The molecule has 2 heterocycles. The van der Waals surface area contributed by atoms with Crippen LogP contribution in [-0.2, 0) is 22.4 Å². The van der Waals surface area contributed by atoms with Gasteiger partial charge in [0.05, 0.1) is 0 Å². The highest BCUT2D eigenvalue weighted by atomic mass is 16.5. The van der Waals surface area contributed by atoms with Crippen molar-refractivity contribution in [1.82, 2.24) is 4.98 Å². The summed E-state index contributed by atoms with van der Waals surface area (Å²) in [6.45, 7) is 0. The second kappa shape index (κ2) is 4.65. The minimum atomic E-state index is -0.418. The Bertz CT molecular complexity index is 664. The summed E-state index contributed by atoms with van der Waals surface area (Å²) >= 11 is 0. The zero-order valence-corrected chi connectivity index (χ0v) is 10.1. The van der Waals surface area contributed by atoms with Gasteiger partial charge in [0, 0.05) is 24.6 Å². The van der Waals surface area contributed by atoms with Crippen LogP contribution in [0.5, 0.6) is 11.6 Å². The van der Waals surface area contributed by atoms with E-state index in [4.69, 9.17) is 4.74 Å². The van der Waals surface area contributed by atoms with Crippen molar-refractivity contribution in [3.63, 3.8) is 0 Å². The third-order valence-corrected chi connectivity index (χ3v) is 3.07. The van der Waals surface area contributed by atoms with Crippen molar-refractivity contribution in [2.45, 2.75) is 12.8 Å². The van der Waals surface area contributed by atoms with E-state index in [1.54, 1.807) is 12.3 Å². The maximum atomic E-state index is 11.1. The van der Waals surface area contributed by atoms with Gasteiger partial charge in [-0.2, -0.15) is 0 Å². The topological polar surface area (TPSA) is 56.3 Å². The van der Waals surface area contributed by atoms with Crippen LogP contribution in [0.1, 0.15) is 16.7 Å². The quantitative estimate of drug-likeness (QED) is 0.529. The molecule has 4 nitrogen and oxygen atoms in total. The van der Waals surface area contributed by atoms with Crippen LogP contribution in [0.25, 0.3) is 0 Å². The number of rotatable bonds is 3. The van der Waals surface area contributed by atoms with Gasteiger partial charge in [0.15, 0.2) is 12.1 Å². The molecule has 1 aromatic heterocycles. The number of hydrogen-bond acceptors (Lipinski definition) is 4. The van der Waals surface area contributed by atoms with Crippen molar-refractivity contribution < 1.29 is 14.3 Å². The molecule has 0 spiro atoms. The van der Waals surface area contributed by atoms with Crippen molar-refractivity contribution in [3.8, 4) is 11.6 Å². The number of pyridine rings is 1. The van der Waals surface area contributed by atoms with Crippen molar-refractivity contribution >= 4 is 12.1 Å². The van der Waals surface area contributed by atoms with Gasteiger partial charge in [-0.25, -0.2) is 4.98 Å². The molecule has 94 valence electrons. The molecule has 4 heteroatoms. The van der Waals surface area contributed by atoms with Gasteiger partial charge in [-0.3, -0.25) is 9.59 Å². The lowest BCUT2D eigenvalue weighted by molar-refractivity contribution is -0.129. The number of aldehydes is 1. The number of Topliss-reactive ketones (excluding diaryl/α,β-unsaturated/α-hetero) is 1. The first-order valence-corrected chi connectivity index (χ1v) is 5.98. The molecule has 0 saturated heterocycles. The first-order valence-electron chi connectivity index (χ1n) is 5.98. The lowest BCUT2D eigenvalue weighted by atomic mass is 9.98. The highest BCUT2D eigenvalue weighted by Crippen LogP contribution is 2.35. The Hall–Kier alpha value is -2.49. The lowest BCUT2D eigenvalue weighted by Crippen LogP contribution is -2.07. The fourth-order valence-corrected chi connectivity index (χ4v) is 2.18. The lowest BCUT2D eigenvalue weighted by Gasteiger charge is -2.19. The molecule has 2 aromatic rings. The predicted molar refractivity (Wildman–Crippen MR) is 68.3 cm³/mol. The Morgan fingerprint density at radius 1 is 1.32 bits per heavy atom. The summed E-state index contributed by atoms with van der Waals surface area (Å²) < 4.78 is 5.70. The fraction of sp³-hybridized carbons (Fsp3) is 0.133. The van der Waals surface area contributed by atoms with Gasteiger partial charge in [0.25, 0.3) is 0 Å². The number of hydrogen-bond donors (Lipinski definition) is 0. The molecule has 0 unspecified atom stereocenters. The maximum absolute atomic E-state index is 11.1. The van der Waals surface area contributed by atoms with Crippen molar-refractivity contribution in [1.29, 1.82) is 0 Å². The van der Waals surface area contributed by atoms with Gasteiger partial charge >= 0.3 is 0 Å². The number of ketones is 1. The van der Waals surface area contributed by atoms with E-state index in [2.05, 4.69) is 4.98 Å². The summed E-state index contributed by atoms with van der Waals surface area (Å²) in [7, 11) is 0. The van der Waals surface area contributed by atoms with Gasteiger partial charge in [0.2, 0.25) is 5.88 Å². The molecule has 0 aliphatic carbocycles. The summed E-state index contributed by atoms with van der Waals surface area (Å²) in [5.41, 5.74) is 2.86. The normalized spacial score (nSPS) is 12.0. The van der Waals surface area contributed by atoms with Gasteiger partial charge in [0.1, 0.15) is 5.75 Å². The van der Waals surface area contributed by atoms with Crippen LogP contribution >= 0.6 is 0 Å². The third kappa shape index (κ3) is 2.25. The molecule has 0 amide bonds. The molecule has 1 aromatic carbocycles. The minimum Gasteiger partial charge on any atom is -0.438 e.